The third-order valence-electron chi connectivity index (χ3n) is 4.67. The van der Waals surface area contributed by atoms with Gasteiger partial charge in [-0.2, -0.15) is 0 Å². The molecule has 2 atom stereocenters. The summed E-state index contributed by atoms with van der Waals surface area (Å²) in [4.78, 5) is 49.1. The first-order valence-electron chi connectivity index (χ1n) is 10.3. The van der Waals surface area contributed by atoms with E-state index in [1.807, 2.05) is 17.5 Å². The molecule has 29 heavy (non-hydrogen) atoms. The number of unbranched alkanes of at least 4 members (excludes halogenated alkanes) is 3. The minimum absolute atomic E-state index is 0.209. The maximum Gasteiger partial charge on any atom is 0.405 e. The number of rotatable bonds is 12. The second kappa shape index (κ2) is 13.6. The molecule has 1 fully saturated rings. The lowest BCUT2D eigenvalue weighted by Gasteiger charge is -2.25. The first-order valence-corrected chi connectivity index (χ1v) is 10.3. The van der Waals surface area contributed by atoms with Crippen LogP contribution in [0.25, 0.3) is 0 Å². The van der Waals surface area contributed by atoms with Crippen LogP contribution in [0.2, 0.25) is 0 Å². The van der Waals surface area contributed by atoms with Crippen molar-refractivity contribution in [1.82, 2.24) is 15.5 Å². The fourth-order valence-electron chi connectivity index (χ4n) is 3.18. The Morgan fingerprint density at radius 2 is 1.97 bits per heavy atom. The Morgan fingerprint density at radius 3 is 2.62 bits per heavy atom. The van der Waals surface area contributed by atoms with E-state index in [9.17, 15) is 19.2 Å². The van der Waals surface area contributed by atoms with Gasteiger partial charge in [-0.05, 0) is 39.0 Å². The summed E-state index contributed by atoms with van der Waals surface area (Å²) in [6.45, 7) is 4.02. The number of esters is 1. The molecule has 0 aromatic heterocycles. The molecule has 0 saturated carbocycles. The largest absolute Gasteiger partial charge is 0.465 e. The highest BCUT2D eigenvalue weighted by atomic mass is 16.5. The Balaban J connectivity index is 2.67. The SMILES string of the molecule is CCCCC/C=C\CC(NC(=O)C1CCCN1C(=O)CNC(=O)O)C(=O)OCC. The monoisotopic (exact) mass is 411 g/mol. The Hall–Kier alpha value is -2.58. The number of hydrogen-bond donors (Lipinski definition) is 3. The van der Waals surface area contributed by atoms with Gasteiger partial charge in [-0.15, -0.1) is 0 Å². The van der Waals surface area contributed by atoms with E-state index in [0.29, 0.717) is 25.8 Å². The van der Waals surface area contributed by atoms with Gasteiger partial charge in [0.05, 0.1) is 6.61 Å². The Labute approximate surface area is 171 Å². The molecule has 2 unspecified atom stereocenters. The molecule has 0 spiro atoms. The smallest absolute Gasteiger partial charge is 0.405 e. The molecule has 3 N–H and O–H groups in total. The molecule has 0 radical (unpaired) electrons. The first-order chi connectivity index (χ1) is 13.9. The Morgan fingerprint density at radius 1 is 1.21 bits per heavy atom. The molecule has 0 aromatic rings. The number of ether oxygens (including phenoxy) is 1. The summed E-state index contributed by atoms with van der Waals surface area (Å²) in [5.74, 6) is -1.40. The van der Waals surface area contributed by atoms with Gasteiger partial charge < -0.3 is 25.4 Å². The predicted octanol–water partition coefficient (Wildman–Crippen LogP) is 1.82. The van der Waals surface area contributed by atoms with E-state index in [1.54, 1.807) is 6.92 Å². The van der Waals surface area contributed by atoms with Gasteiger partial charge in [0.1, 0.15) is 18.6 Å². The van der Waals surface area contributed by atoms with Crippen LogP contribution >= 0.6 is 0 Å². The molecule has 0 aliphatic carbocycles. The van der Waals surface area contributed by atoms with Gasteiger partial charge in [-0.3, -0.25) is 9.59 Å². The minimum atomic E-state index is -1.30. The maximum atomic E-state index is 12.7. The van der Waals surface area contributed by atoms with Crippen LogP contribution in [0.1, 0.15) is 58.8 Å². The van der Waals surface area contributed by atoms with Crippen molar-refractivity contribution in [2.45, 2.75) is 70.9 Å². The Bertz CT molecular complexity index is 593. The number of hydrogen-bond acceptors (Lipinski definition) is 5. The van der Waals surface area contributed by atoms with Crippen molar-refractivity contribution >= 4 is 23.9 Å². The van der Waals surface area contributed by atoms with Crippen molar-refractivity contribution in [2.75, 3.05) is 19.7 Å². The van der Waals surface area contributed by atoms with E-state index < -0.39 is 36.0 Å². The lowest BCUT2D eigenvalue weighted by molar-refractivity contribution is -0.148. The third kappa shape index (κ3) is 8.97. The predicted molar refractivity (Wildman–Crippen MR) is 107 cm³/mol. The van der Waals surface area contributed by atoms with E-state index in [-0.39, 0.29) is 13.2 Å². The summed E-state index contributed by atoms with van der Waals surface area (Å²) in [6, 6.07) is -1.54. The molecule has 164 valence electrons. The van der Waals surface area contributed by atoms with Crippen molar-refractivity contribution in [3.8, 4) is 0 Å². The highest BCUT2D eigenvalue weighted by Crippen LogP contribution is 2.18. The van der Waals surface area contributed by atoms with Crippen molar-refractivity contribution in [3.05, 3.63) is 12.2 Å². The molecule has 0 aromatic carbocycles. The number of carbonyl (C=O) groups excluding carboxylic acids is 3. The molecular weight excluding hydrogens is 378 g/mol. The number of carbonyl (C=O) groups is 4. The highest BCUT2D eigenvalue weighted by molar-refractivity contribution is 5.92. The van der Waals surface area contributed by atoms with Crippen molar-refractivity contribution in [1.29, 1.82) is 0 Å². The molecule has 1 saturated heterocycles. The van der Waals surface area contributed by atoms with Crippen molar-refractivity contribution in [2.24, 2.45) is 0 Å². The number of likely N-dealkylation sites (tertiary alicyclic amines) is 1. The molecule has 3 amide bonds. The van der Waals surface area contributed by atoms with E-state index in [2.05, 4.69) is 12.2 Å². The maximum absolute atomic E-state index is 12.7. The standard InChI is InChI=1S/C20H33N3O6/c1-3-5-6-7-8-9-11-15(19(26)29-4-2)22-18(25)16-12-10-13-23(16)17(24)14-21-20(27)28/h8-9,15-16,21H,3-7,10-14H2,1-2H3,(H,22,25)(H,27,28)/b9-8-. The molecule has 1 aliphatic rings. The van der Waals surface area contributed by atoms with E-state index in [0.717, 1.165) is 25.7 Å². The van der Waals surface area contributed by atoms with Crippen LogP contribution < -0.4 is 10.6 Å². The van der Waals surface area contributed by atoms with Crippen molar-refractivity contribution < 1.29 is 29.0 Å². The van der Waals surface area contributed by atoms with Crippen LogP contribution in [0.15, 0.2) is 12.2 Å². The number of allylic oxidation sites excluding steroid dienone is 1. The third-order valence-corrected chi connectivity index (χ3v) is 4.67. The lowest BCUT2D eigenvalue weighted by Crippen LogP contribution is -2.52. The minimum Gasteiger partial charge on any atom is -0.465 e. The van der Waals surface area contributed by atoms with Gasteiger partial charge in [0, 0.05) is 6.54 Å². The lowest BCUT2D eigenvalue weighted by atomic mass is 10.1. The summed E-state index contributed by atoms with van der Waals surface area (Å²) in [7, 11) is 0. The number of amides is 3. The molecule has 0 bridgehead atoms. The topological polar surface area (TPSA) is 125 Å². The van der Waals surface area contributed by atoms with Crippen LogP contribution in [-0.4, -0.2) is 65.7 Å². The van der Waals surface area contributed by atoms with Crippen LogP contribution in [0.3, 0.4) is 0 Å². The van der Waals surface area contributed by atoms with Gasteiger partial charge in [0.15, 0.2) is 0 Å². The number of carboxylic acid groups (broad SMARTS) is 1. The van der Waals surface area contributed by atoms with E-state index in [4.69, 9.17) is 9.84 Å². The summed E-state index contributed by atoms with van der Waals surface area (Å²) in [5, 5.41) is 13.4. The second-order valence-corrected chi connectivity index (χ2v) is 6.92. The zero-order valence-electron chi connectivity index (χ0n) is 17.3. The van der Waals surface area contributed by atoms with Gasteiger partial charge in [0.25, 0.3) is 0 Å². The molecule has 1 aliphatic heterocycles. The molecular formula is C20H33N3O6. The molecule has 9 nitrogen and oxygen atoms in total. The number of nitrogens with one attached hydrogen (secondary N) is 2. The molecule has 1 heterocycles. The second-order valence-electron chi connectivity index (χ2n) is 6.92. The summed E-state index contributed by atoms with van der Waals surface area (Å²) < 4.78 is 5.06. The van der Waals surface area contributed by atoms with Crippen LogP contribution in [-0.2, 0) is 19.1 Å². The molecule has 9 heteroatoms. The zero-order valence-corrected chi connectivity index (χ0v) is 17.3. The summed E-state index contributed by atoms with van der Waals surface area (Å²) in [5.41, 5.74) is 0. The van der Waals surface area contributed by atoms with E-state index >= 15 is 0 Å². The summed E-state index contributed by atoms with van der Waals surface area (Å²) >= 11 is 0. The fraction of sp³-hybridized carbons (Fsp3) is 0.700. The van der Waals surface area contributed by atoms with Gasteiger partial charge >= 0.3 is 12.1 Å². The van der Waals surface area contributed by atoms with Crippen molar-refractivity contribution in [3.63, 3.8) is 0 Å². The van der Waals surface area contributed by atoms with Crippen LogP contribution in [0.4, 0.5) is 4.79 Å². The van der Waals surface area contributed by atoms with Gasteiger partial charge in [-0.1, -0.05) is 31.9 Å². The van der Waals surface area contributed by atoms with Gasteiger partial charge in [-0.25, -0.2) is 9.59 Å². The van der Waals surface area contributed by atoms with Crippen LogP contribution in [0, 0.1) is 0 Å². The molecule has 1 rings (SSSR count). The van der Waals surface area contributed by atoms with E-state index in [1.165, 1.54) is 4.90 Å². The first kappa shape index (κ1) is 24.5. The highest BCUT2D eigenvalue weighted by Gasteiger charge is 2.35. The Kier molecular flexibility index (Phi) is 11.4. The fourth-order valence-corrected chi connectivity index (χ4v) is 3.18. The number of nitrogens with zero attached hydrogens (tertiary/aromatic N) is 1. The average molecular weight is 411 g/mol. The average Bonchev–Trinajstić information content (AvgIpc) is 3.18. The zero-order chi connectivity index (χ0) is 21.6. The van der Waals surface area contributed by atoms with Crippen LogP contribution in [0.5, 0.6) is 0 Å². The van der Waals surface area contributed by atoms with Gasteiger partial charge in [0.2, 0.25) is 11.8 Å². The summed E-state index contributed by atoms with van der Waals surface area (Å²) in [6.07, 6.45) is 8.25. The quantitative estimate of drug-likeness (QED) is 0.256. The normalized spacial score (nSPS) is 17.2.